The van der Waals surface area contributed by atoms with Gasteiger partial charge in [-0.1, -0.05) is 25.0 Å². The summed E-state index contributed by atoms with van der Waals surface area (Å²) in [5.41, 5.74) is 0.0186. The van der Waals surface area contributed by atoms with Crippen LogP contribution in [0.25, 0.3) is 0 Å². The van der Waals surface area contributed by atoms with Crippen molar-refractivity contribution in [1.29, 1.82) is 0 Å². The minimum absolute atomic E-state index is 0.122. The van der Waals surface area contributed by atoms with Gasteiger partial charge < -0.3 is 14.6 Å². The number of rotatable bonds is 3. The lowest BCUT2D eigenvalue weighted by Gasteiger charge is -2.39. The van der Waals surface area contributed by atoms with Crippen molar-refractivity contribution < 1.29 is 14.6 Å². The number of ether oxygens (including phenoxy) is 2. The molecule has 3 nitrogen and oxygen atoms in total. The summed E-state index contributed by atoms with van der Waals surface area (Å²) >= 11 is 0. The normalized spacial score (nSPS) is 29.0. The van der Waals surface area contributed by atoms with Crippen molar-refractivity contribution in [3.63, 3.8) is 0 Å². The SMILES string of the molecule is COc1cccc(C2(O)CCCCC2OC)c1. The molecule has 3 heteroatoms. The molecule has 0 amide bonds. The molecular formula is C14H20O3. The van der Waals surface area contributed by atoms with Crippen LogP contribution >= 0.6 is 0 Å². The Bertz CT molecular complexity index is 377. The molecule has 1 aliphatic carbocycles. The van der Waals surface area contributed by atoms with Crippen LogP contribution in [0.5, 0.6) is 5.75 Å². The first-order chi connectivity index (χ1) is 8.20. The van der Waals surface area contributed by atoms with Crippen LogP contribution in [0.4, 0.5) is 0 Å². The van der Waals surface area contributed by atoms with Gasteiger partial charge in [0.2, 0.25) is 0 Å². The van der Waals surface area contributed by atoms with E-state index in [9.17, 15) is 5.11 Å². The smallest absolute Gasteiger partial charge is 0.119 e. The maximum Gasteiger partial charge on any atom is 0.119 e. The van der Waals surface area contributed by atoms with E-state index in [-0.39, 0.29) is 6.10 Å². The van der Waals surface area contributed by atoms with Gasteiger partial charge in [0.05, 0.1) is 13.2 Å². The molecule has 1 N–H and O–H groups in total. The van der Waals surface area contributed by atoms with E-state index in [0.717, 1.165) is 37.0 Å². The average molecular weight is 236 g/mol. The standard InChI is InChI=1S/C14H20O3/c1-16-12-7-5-6-11(10-12)14(15)9-4-3-8-13(14)17-2/h5-7,10,13,15H,3-4,8-9H2,1-2H3. The van der Waals surface area contributed by atoms with Crippen LogP contribution in [0, 0.1) is 0 Å². The molecule has 0 saturated heterocycles. The molecule has 0 radical (unpaired) electrons. The first-order valence-corrected chi connectivity index (χ1v) is 6.10. The number of methoxy groups -OCH3 is 2. The summed E-state index contributed by atoms with van der Waals surface area (Å²) in [5, 5.41) is 10.8. The van der Waals surface area contributed by atoms with Gasteiger partial charge in [-0.05, 0) is 30.5 Å². The minimum Gasteiger partial charge on any atom is -0.497 e. The van der Waals surface area contributed by atoms with E-state index < -0.39 is 5.60 Å². The monoisotopic (exact) mass is 236 g/mol. The fourth-order valence-corrected chi connectivity index (χ4v) is 2.66. The molecule has 1 fully saturated rings. The summed E-state index contributed by atoms with van der Waals surface area (Å²) < 4.78 is 10.7. The zero-order valence-electron chi connectivity index (χ0n) is 10.5. The van der Waals surface area contributed by atoms with Crippen molar-refractivity contribution in [3.05, 3.63) is 29.8 Å². The highest BCUT2D eigenvalue weighted by atomic mass is 16.5. The fourth-order valence-electron chi connectivity index (χ4n) is 2.66. The molecule has 1 aromatic carbocycles. The summed E-state index contributed by atoms with van der Waals surface area (Å²) in [4.78, 5) is 0. The van der Waals surface area contributed by atoms with Crippen molar-refractivity contribution in [2.24, 2.45) is 0 Å². The van der Waals surface area contributed by atoms with Gasteiger partial charge in [0.15, 0.2) is 0 Å². The summed E-state index contributed by atoms with van der Waals surface area (Å²) in [5.74, 6) is 0.774. The molecule has 1 aromatic rings. The van der Waals surface area contributed by atoms with Crippen LogP contribution in [0.1, 0.15) is 31.2 Å². The largest absolute Gasteiger partial charge is 0.497 e. The van der Waals surface area contributed by atoms with Crippen molar-refractivity contribution in [2.75, 3.05) is 14.2 Å². The molecule has 1 saturated carbocycles. The minimum atomic E-state index is -0.873. The van der Waals surface area contributed by atoms with Gasteiger partial charge in [0.1, 0.15) is 11.4 Å². The maximum atomic E-state index is 10.8. The highest BCUT2D eigenvalue weighted by molar-refractivity contribution is 5.33. The zero-order chi connectivity index (χ0) is 12.3. The van der Waals surface area contributed by atoms with Crippen LogP contribution in [0.3, 0.4) is 0 Å². The van der Waals surface area contributed by atoms with E-state index in [2.05, 4.69) is 0 Å². The van der Waals surface area contributed by atoms with E-state index in [1.54, 1.807) is 14.2 Å². The van der Waals surface area contributed by atoms with Gasteiger partial charge in [0.25, 0.3) is 0 Å². The number of hydrogen-bond donors (Lipinski definition) is 1. The van der Waals surface area contributed by atoms with Gasteiger partial charge in [-0.2, -0.15) is 0 Å². The summed E-state index contributed by atoms with van der Waals surface area (Å²) in [6, 6.07) is 7.64. The highest BCUT2D eigenvalue weighted by Gasteiger charge is 2.40. The Labute approximate surface area is 102 Å². The number of aliphatic hydroxyl groups is 1. The molecule has 17 heavy (non-hydrogen) atoms. The molecule has 1 aliphatic rings. The van der Waals surface area contributed by atoms with Gasteiger partial charge in [-0.25, -0.2) is 0 Å². The summed E-state index contributed by atoms with van der Waals surface area (Å²) in [6.07, 6.45) is 3.68. The van der Waals surface area contributed by atoms with Crippen LogP contribution < -0.4 is 4.74 Å². The lowest BCUT2D eigenvalue weighted by atomic mass is 9.77. The van der Waals surface area contributed by atoms with Crippen LogP contribution in [0.2, 0.25) is 0 Å². The fraction of sp³-hybridized carbons (Fsp3) is 0.571. The summed E-state index contributed by atoms with van der Waals surface area (Å²) in [7, 11) is 3.30. The molecule has 94 valence electrons. The van der Waals surface area contributed by atoms with Crippen LogP contribution in [-0.4, -0.2) is 25.4 Å². The third-order valence-corrected chi connectivity index (χ3v) is 3.66. The van der Waals surface area contributed by atoms with Crippen molar-refractivity contribution >= 4 is 0 Å². The topological polar surface area (TPSA) is 38.7 Å². The molecule has 0 spiro atoms. The zero-order valence-corrected chi connectivity index (χ0v) is 10.5. The van der Waals surface area contributed by atoms with E-state index in [4.69, 9.17) is 9.47 Å². The number of hydrogen-bond acceptors (Lipinski definition) is 3. The second-order valence-electron chi connectivity index (χ2n) is 4.63. The van der Waals surface area contributed by atoms with E-state index in [1.807, 2.05) is 24.3 Å². The Morgan fingerprint density at radius 1 is 1.29 bits per heavy atom. The highest BCUT2D eigenvalue weighted by Crippen LogP contribution is 2.39. The van der Waals surface area contributed by atoms with E-state index in [0.29, 0.717) is 0 Å². The van der Waals surface area contributed by atoms with Crippen molar-refractivity contribution in [3.8, 4) is 5.75 Å². The first kappa shape index (κ1) is 12.4. The molecule has 2 atom stereocenters. The lowest BCUT2D eigenvalue weighted by molar-refractivity contribution is -0.122. The third-order valence-electron chi connectivity index (χ3n) is 3.66. The molecule has 2 rings (SSSR count). The Morgan fingerprint density at radius 2 is 2.12 bits per heavy atom. The maximum absolute atomic E-state index is 10.8. The molecular weight excluding hydrogens is 216 g/mol. The Balaban J connectivity index is 2.33. The van der Waals surface area contributed by atoms with Gasteiger partial charge in [-0.15, -0.1) is 0 Å². The van der Waals surface area contributed by atoms with Gasteiger partial charge in [0, 0.05) is 7.11 Å². The molecule has 2 unspecified atom stereocenters. The quantitative estimate of drug-likeness (QED) is 0.876. The molecule has 0 aliphatic heterocycles. The molecule has 0 heterocycles. The Morgan fingerprint density at radius 3 is 2.82 bits per heavy atom. The van der Waals surface area contributed by atoms with E-state index >= 15 is 0 Å². The lowest BCUT2D eigenvalue weighted by Crippen LogP contribution is -2.43. The van der Waals surface area contributed by atoms with Gasteiger partial charge in [-0.3, -0.25) is 0 Å². The second kappa shape index (κ2) is 5.07. The molecule has 0 bridgehead atoms. The first-order valence-electron chi connectivity index (χ1n) is 6.10. The third kappa shape index (κ3) is 2.31. The molecule has 0 aromatic heterocycles. The van der Waals surface area contributed by atoms with Crippen LogP contribution in [-0.2, 0) is 10.3 Å². The number of benzene rings is 1. The predicted octanol–water partition coefficient (Wildman–Crippen LogP) is 2.47. The second-order valence-corrected chi connectivity index (χ2v) is 4.63. The van der Waals surface area contributed by atoms with Crippen molar-refractivity contribution in [1.82, 2.24) is 0 Å². The average Bonchev–Trinajstić information content (AvgIpc) is 2.39. The Hall–Kier alpha value is -1.06. The van der Waals surface area contributed by atoms with Gasteiger partial charge >= 0.3 is 0 Å². The Kier molecular flexibility index (Phi) is 3.69. The predicted molar refractivity (Wildman–Crippen MR) is 66.2 cm³/mol. The van der Waals surface area contributed by atoms with E-state index in [1.165, 1.54) is 0 Å². The van der Waals surface area contributed by atoms with Crippen molar-refractivity contribution in [2.45, 2.75) is 37.4 Å². The summed E-state index contributed by atoms with van der Waals surface area (Å²) in [6.45, 7) is 0. The van der Waals surface area contributed by atoms with Crippen LogP contribution in [0.15, 0.2) is 24.3 Å².